The third kappa shape index (κ3) is 3.16. The second kappa shape index (κ2) is 5.77. The molecule has 0 spiro atoms. The van der Waals surface area contributed by atoms with Gasteiger partial charge in [0, 0.05) is 38.4 Å². The van der Waals surface area contributed by atoms with Crippen LogP contribution < -0.4 is 5.73 Å². The molecular weight excluding hydrogens is 232 g/mol. The maximum atomic E-state index is 11.8. The summed E-state index contributed by atoms with van der Waals surface area (Å²) < 4.78 is 4.99. The van der Waals surface area contributed by atoms with Gasteiger partial charge in [0.25, 0.3) is 0 Å². The molecule has 1 atom stereocenters. The predicted molar refractivity (Wildman–Crippen MR) is 66.7 cm³/mol. The van der Waals surface area contributed by atoms with Crippen molar-refractivity contribution in [3.8, 4) is 0 Å². The molecule has 1 unspecified atom stereocenters. The molecule has 1 aliphatic rings. The number of amides is 1. The number of nitrogens with two attached hydrogens (primary N) is 1. The second-order valence-corrected chi connectivity index (χ2v) is 4.54. The molecule has 2 N–H and O–H groups in total. The molecule has 0 saturated carbocycles. The molecule has 6 heteroatoms. The molecule has 0 aromatic carbocycles. The van der Waals surface area contributed by atoms with E-state index in [9.17, 15) is 4.79 Å². The third-order valence-corrected chi connectivity index (χ3v) is 3.10. The smallest absolute Gasteiger partial charge is 0.223 e. The number of nitrogen functional groups attached to an aromatic ring is 1. The first-order chi connectivity index (χ1) is 8.69. The van der Waals surface area contributed by atoms with E-state index in [0.717, 1.165) is 18.7 Å². The third-order valence-electron chi connectivity index (χ3n) is 3.10. The monoisotopic (exact) mass is 250 g/mol. The van der Waals surface area contributed by atoms with Crippen molar-refractivity contribution in [2.75, 3.05) is 32.5 Å². The molecule has 0 aliphatic carbocycles. The molecule has 1 aromatic rings. The lowest BCUT2D eigenvalue weighted by atomic mass is 10.0. The molecule has 1 aliphatic heterocycles. The van der Waals surface area contributed by atoms with Gasteiger partial charge in [0.1, 0.15) is 12.1 Å². The van der Waals surface area contributed by atoms with E-state index in [4.69, 9.17) is 10.5 Å². The van der Waals surface area contributed by atoms with Crippen LogP contribution in [0.1, 0.15) is 12.1 Å². The van der Waals surface area contributed by atoms with Crippen molar-refractivity contribution < 1.29 is 9.53 Å². The van der Waals surface area contributed by atoms with Gasteiger partial charge < -0.3 is 15.4 Å². The van der Waals surface area contributed by atoms with Crippen LogP contribution in [-0.2, 0) is 16.0 Å². The summed E-state index contributed by atoms with van der Waals surface area (Å²) in [7, 11) is 1.64. The molecule has 1 amide bonds. The molecule has 1 fully saturated rings. The van der Waals surface area contributed by atoms with Gasteiger partial charge in [0.05, 0.1) is 6.61 Å². The molecular formula is C12H18N4O2. The van der Waals surface area contributed by atoms with E-state index < -0.39 is 0 Å². The van der Waals surface area contributed by atoms with Crippen molar-refractivity contribution in [1.29, 1.82) is 0 Å². The van der Waals surface area contributed by atoms with Crippen LogP contribution >= 0.6 is 0 Å². The number of methoxy groups -OCH3 is 1. The van der Waals surface area contributed by atoms with Crippen molar-refractivity contribution in [2.45, 2.75) is 12.8 Å². The first-order valence-electron chi connectivity index (χ1n) is 6.02. The van der Waals surface area contributed by atoms with Crippen LogP contribution in [0.4, 0.5) is 5.82 Å². The largest absolute Gasteiger partial charge is 0.384 e. The molecule has 1 aromatic heterocycles. The van der Waals surface area contributed by atoms with Crippen LogP contribution in [0.15, 0.2) is 12.4 Å². The van der Waals surface area contributed by atoms with Gasteiger partial charge in [0.15, 0.2) is 0 Å². The number of likely N-dealkylation sites (tertiary alicyclic amines) is 1. The van der Waals surface area contributed by atoms with E-state index >= 15 is 0 Å². The minimum atomic E-state index is 0.194. The molecule has 2 rings (SSSR count). The van der Waals surface area contributed by atoms with Gasteiger partial charge in [-0.15, -0.1) is 0 Å². The lowest BCUT2D eigenvalue weighted by molar-refractivity contribution is -0.128. The van der Waals surface area contributed by atoms with Gasteiger partial charge in [-0.2, -0.15) is 0 Å². The van der Waals surface area contributed by atoms with Crippen molar-refractivity contribution in [3.05, 3.63) is 18.1 Å². The zero-order chi connectivity index (χ0) is 13.0. The highest BCUT2D eigenvalue weighted by molar-refractivity contribution is 5.78. The minimum Gasteiger partial charge on any atom is -0.384 e. The maximum absolute atomic E-state index is 11.8. The predicted octanol–water partition coefficient (Wildman–Crippen LogP) is 0.0962. The maximum Gasteiger partial charge on any atom is 0.223 e. The second-order valence-electron chi connectivity index (χ2n) is 4.54. The zero-order valence-corrected chi connectivity index (χ0v) is 10.5. The Morgan fingerprint density at radius 1 is 1.56 bits per heavy atom. The van der Waals surface area contributed by atoms with Crippen LogP contribution in [0.3, 0.4) is 0 Å². The standard InChI is InChI=1S/C12H18N4O2/c1-18-3-2-16-7-9(5-12(16)17)4-10-6-11(13)15-8-14-10/h6,8-9H,2-5,7H2,1H3,(H2,13,14,15). The summed E-state index contributed by atoms with van der Waals surface area (Å²) in [5, 5.41) is 0. The number of hydrogen-bond acceptors (Lipinski definition) is 5. The van der Waals surface area contributed by atoms with Crippen LogP contribution in [0.5, 0.6) is 0 Å². The Kier molecular flexibility index (Phi) is 4.09. The highest BCUT2D eigenvalue weighted by atomic mass is 16.5. The lowest BCUT2D eigenvalue weighted by Crippen LogP contribution is -2.29. The fraction of sp³-hybridized carbons (Fsp3) is 0.583. The van der Waals surface area contributed by atoms with E-state index in [1.54, 1.807) is 13.2 Å². The summed E-state index contributed by atoms with van der Waals surface area (Å²) in [5.41, 5.74) is 6.51. The number of nitrogens with zero attached hydrogens (tertiary/aromatic N) is 3. The quantitative estimate of drug-likeness (QED) is 0.801. The number of carbonyl (C=O) groups excluding carboxylic acids is 1. The van der Waals surface area contributed by atoms with Gasteiger partial charge in [-0.25, -0.2) is 9.97 Å². The Balaban J connectivity index is 1.90. The number of ether oxygens (including phenoxy) is 1. The van der Waals surface area contributed by atoms with E-state index in [2.05, 4.69) is 9.97 Å². The highest BCUT2D eigenvalue weighted by Gasteiger charge is 2.29. The van der Waals surface area contributed by atoms with E-state index in [1.165, 1.54) is 6.33 Å². The van der Waals surface area contributed by atoms with Crippen LogP contribution in [0.25, 0.3) is 0 Å². The fourth-order valence-electron chi connectivity index (χ4n) is 2.23. The SMILES string of the molecule is COCCN1CC(Cc2cc(N)ncn2)CC1=O. The van der Waals surface area contributed by atoms with Crippen LogP contribution in [-0.4, -0.2) is 47.6 Å². The average molecular weight is 250 g/mol. The molecule has 98 valence electrons. The van der Waals surface area contributed by atoms with E-state index in [1.807, 2.05) is 4.90 Å². The van der Waals surface area contributed by atoms with Crippen LogP contribution in [0, 0.1) is 5.92 Å². The van der Waals surface area contributed by atoms with Gasteiger partial charge in [-0.05, 0) is 12.3 Å². The fourth-order valence-corrected chi connectivity index (χ4v) is 2.23. The van der Waals surface area contributed by atoms with Crippen molar-refractivity contribution in [1.82, 2.24) is 14.9 Å². The Bertz CT molecular complexity index is 424. The van der Waals surface area contributed by atoms with Crippen molar-refractivity contribution in [3.63, 3.8) is 0 Å². The first-order valence-corrected chi connectivity index (χ1v) is 6.02. The number of carbonyl (C=O) groups is 1. The zero-order valence-electron chi connectivity index (χ0n) is 10.5. The average Bonchev–Trinajstić information content (AvgIpc) is 2.67. The normalized spacial score (nSPS) is 19.5. The molecule has 18 heavy (non-hydrogen) atoms. The summed E-state index contributed by atoms with van der Waals surface area (Å²) in [6, 6.07) is 1.77. The summed E-state index contributed by atoms with van der Waals surface area (Å²) >= 11 is 0. The van der Waals surface area contributed by atoms with Crippen molar-refractivity contribution in [2.24, 2.45) is 5.92 Å². The topological polar surface area (TPSA) is 81.3 Å². The first kappa shape index (κ1) is 12.8. The Labute approximate surface area is 106 Å². The molecule has 0 radical (unpaired) electrons. The van der Waals surface area contributed by atoms with Crippen LogP contribution in [0.2, 0.25) is 0 Å². The molecule has 2 heterocycles. The Hall–Kier alpha value is -1.69. The van der Waals surface area contributed by atoms with Crippen molar-refractivity contribution >= 4 is 11.7 Å². The van der Waals surface area contributed by atoms with Gasteiger partial charge in [-0.1, -0.05) is 0 Å². The molecule has 6 nitrogen and oxygen atoms in total. The number of hydrogen-bond donors (Lipinski definition) is 1. The lowest BCUT2D eigenvalue weighted by Gasteiger charge is -2.15. The number of rotatable bonds is 5. The van der Waals surface area contributed by atoms with E-state index in [0.29, 0.717) is 31.3 Å². The van der Waals surface area contributed by atoms with Gasteiger partial charge in [-0.3, -0.25) is 4.79 Å². The Morgan fingerprint density at radius 2 is 2.39 bits per heavy atom. The number of anilines is 1. The summed E-state index contributed by atoms with van der Waals surface area (Å²) in [5.74, 6) is 0.975. The molecule has 0 bridgehead atoms. The summed E-state index contributed by atoms with van der Waals surface area (Å²) in [6.45, 7) is 2.02. The molecule has 1 saturated heterocycles. The van der Waals surface area contributed by atoms with E-state index in [-0.39, 0.29) is 5.91 Å². The highest BCUT2D eigenvalue weighted by Crippen LogP contribution is 2.21. The van der Waals surface area contributed by atoms with Gasteiger partial charge >= 0.3 is 0 Å². The summed E-state index contributed by atoms with van der Waals surface area (Å²) in [6.07, 6.45) is 2.81. The van der Waals surface area contributed by atoms with Gasteiger partial charge in [0.2, 0.25) is 5.91 Å². The number of aromatic nitrogens is 2. The summed E-state index contributed by atoms with van der Waals surface area (Å²) in [4.78, 5) is 21.6. The Morgan fingerprint density at radius 3 is 3.11 bits per heavy atom. The minimum absolute atomic E-state index is 0.194.